The van der Waals surface area contributed by atoms with Crippen LogP contribution in [0, 0.1) is 0 Å². The maximum atomic E-state index is 5.74. The SMILES string of the molecule is C=CCc1ccc(Oc2ccc(CCl)cc2)cc1. The summed E-state index contributed by atoms with van der Waals surface area (Å²) in [5, 5.41) is 0. The molecular formula is C16H15ClO. The number of hydrogen-bond acceptors (Lipinski definition) is 1. The molecule has 0 heterocycles. The van der Waals surface area contributed by atoms with Crippen molar-refractivity contribution in [2.45, 2.75) is 12.3 Å². The molecule has 0 aliphatic carbocycles. The van der Waals surface area contributed by atoms with E-state index < -0.39 is 0 Å². The van der Waals surface area contributed by atoms with Crippen molar-refractivity contribution >= 4 is 11.6 Å². The van der Waals surface area contributed by atoms with Crippen LogP contribution in [0.1, 0.15) is 11.1 Å². The molecule has 2 rings (SSSR count). The van der Waals surface area contributed by atoms with Gasteiger partial charge in [-0.25, -0.2) is 0 Å². The van der Waals surface area contributed by atoms with Gasteiger partial charge in [-0.15, -0.1) is 18.2 Å². The zero-order valence-electron chi connectivity index (χ0n) is 10.1. The molecule has 2 aromatic carbocycles. The zero-order chi connectivity index (χ0) is 12.8. The van der Waals surface area contributed by atoms with Crippen molar-refractivity contribution in [3.63, 3.8) is 0 Å². The van der Waals surface area contributed by atoms with E-state index in [0.717, 1.165) is 23.5 Å². The third-order valence-electron chi connectivity index (χ3n) is 2.62. The highest BCUT2D eigenvalue weighted by Gasteiger charge is 1.98. The maximum Gasteiger partial charge on any atom is 0.127 e. The summed E-state index contributed by atoms with van der Waals surface area (Å²) in [6.07, 6.45) is 2.77. The molecular weight excluding hydrogens is 244 g/mol. The van der Waals surface area contributed by atoms with Gasteiger partial charge in [-0.3, -0.25) is 0 Å². The van der Waals surface area contributed by atoms with E-state index in [0.29, 0.717) is 5.88 Å². The Balaban J connectivity index is 2.05. The average molecular weight is 259 g/mol. The molecule has 0 amide bonds. The summed E-state index contributed by atoms with van der Waals surface area (Å²) in [4.78, 5) is 0. The lowest BCUT2D eigenvalue weighted by molar-refractivity contribution is 0.482. The molecule has 2 heteroatoms. The summed E-state index contributed by atoms with van der Waals surface area (Å²) in [6, 6.07) is 15.8. The lowest BCUT2D eigenvalue weighted by Crippen LogP contribution is -1.86. The fourth-order valence-corrected chi connectivity index (χ4v) is 1.82. The van der Waals surface area contributed by atoms with E-state index in [1.807, 2.05) is 54.6 Å². The first kappa shape index (κ1) is 12.7. The Kier molecular flexibility index (Phi) is 4.43. The second kappa shape index (κ2) is 6.27. The summed E-state index contributed by atoms with van der Waals surface area (Å²) < 4.78 is 5.74. The van der Waals surface area contributed by atoms with Crippen LogP contribution in [0.4, 0.5) is 0 Å². The number of alkyl halides is 1. The molecule has 0 bridgehead atoms. The molecule has 0 fully saturated rings. The van der Waals surface area contributed by atoms with Gasteiger partial charge in [0.25, 0.3) is 0 Å². The fourth-order valence-electron chi connectivity index (χ4n) is 1.64. The number of ether oxygens (including phenoxy) is 1. The quantitative estimate of drug-likeness (QED) is 0.545. The summed E-state index contributed by atoms with van der Waals surface area (Å²) in [7, 11) is 0. The highest BCUT2D eigenvalue weighted by atomic mass is 35.5. The molecule has 1 nitrogen and oxygen atoms in total. The van der Waals surface area contributed by atoms with Gasteiger partial charge >= 0.3 is 0 Å². The molecule has 0 spiro atoms. The summed E-state index contributed by atoms with van der Waals surface area (Å²) in [6.45, 7) is 3.72. The van der Waals surface area contributed by atoms with Crippen LogP contribution in [0.15, 0.2) is 61.2 Å². The Morgan fingerprint density at radius 3 is 1.83 bits per heavy atom. The lowest BCUT2D eigenvalue weighted by atomic mass is 10.1. The molecule has 0 aliphatic heterocycles. The van der Waals surface area contributed by atoms with Crippen molar-refractivity contribution in [2.75, 3.05) is 0 Å². The molecule has 0 atom stereocenters. The predicted octanol–water partition coefficient (Wildman–Crippen LogP) is 4.95. The molecule has 0 saturated carbocycles. The third kappa shape index (κ3) is 3.38. The van der Waals surface area contributed by atoms with Crippen LogP contribution in [0.25, 0.3) is 0 Å². The predicted molar refractivity (Wildman–Crippen MR) is 76.4 cm³/mol. The zero-order valence-corrected chi connectivity index (χ0v) is 10.9. The second-order valence-electron chi connectivity index (χ2n) is 4.02. The molecule has 0 saturated heterocycles. The first-order chi connectivity index (χ1) is 8.81. The Labute approximate surface area is 113 Å². The van der Waals surface area contributed by atoms with E-state index >= 15 is 0 Å². The highest BCUT2D eigenvalue weighted by Crippen LogP contribution is 2.22. The fraction of sp³-hybridized carbons (Fsp3) is 0.125. The van der Waals surface area contributed by atoms with Crippen molar-refractivity contribution in [2.24, 2.45) is 0 Å². The molecule has 0 radical (unpaired) electrons. The van der Waals surface area contributed by atoms with E-state index in [4.69, 9.17) is 16.3 Å². The average Bonchev–Trinajstić information content (AvgIpc) is 2.42. The summed E-state index contributed by atoms with van der Waals surface area (Å²) in [5.74, 6) is 2.18. The molecule has 92 valence electrons. The Morgan fingerprint density at radius 1 is 0.889 bits per heavy atom. The smallest absolute Gasteiger partial charge is 0.127 e. The monoisotopic (exact) mass is 258 g/mol. The van der Waals surface area contributed by atoms with Gasteiger partial charge in [0, 0.05) is 5.88 Å². The Bertz CT molecular complexity index is 500. The van der Waals surface area contributed by atoms with Gasteiger partial charge in [0.05, 0.1) is 0 Å². The summed E-state index contributed by atoms with van der Waals surface area (Å²) >= 11 is 5.74. The minimum atomic E-state index is 0.524. The van der Waals surface area contributed by atoms with E-state index in [1.165, 1.54) is 5.56 Å². The number of allylic oxidation sites excluding steroid dienone is 1. The standard InChI is InChI=1S/C16H15ClO/c1-2-3-13-4-8-15(9-5-13)18-16-10-6-14(12-17)7-11-16/h2,4-11H,1,3,12H2. The lowest BCUT2D eigenvalue weighted by Gasteiger charge is -2.06. The molecule has 0 N–H and O–H groups in total. The van der Waals surface area contributed by atoms with Gasteiger partial charge in [-0.2, -0.15) is 0 Å². The Morgan fingerprint density at radius 2 is 1.39 bits per heavy atom. The van der Waals surface area contributed by atoms with E-state index in [2.05, 4.69) is 6.58 Å². The van der Waals surface area contributed by atoms with E-state index in [-0.39, 0.29) is 0 Å². The van der Waals surface area contributed by atoms with Crippen molar-refractivity contribution in [3.05, 3.63) is 72.3 Å². The van der Waals surface area contributed by atoms with Crippen LogP contribution in [-0.2, 0) is 12.3 Å². The first-order valence-corrected chi connectivity index (χ1v) is 6.38. The minimum Gasteiger partial charge on any atom is -0.457 e. The van der Waals surface area contributed by atoms with Crippen molar-refractivity contribution < 1.29 is 4.74 Å². The topological polar surface area (TPSA) is 9.23 Å². The van der Waals surface area contributed by atoms with E-state index in [9.17, 15) is 0 Å². The number of hydrogen-bond donors (Lipinski definition) is 0. The van der Waals surface area contributed by atoms with Crippen LogP contribution in [0.2, 0.25) is 0 Å². The third-order valence-corrected chi connectivity index (χ3v) is 2.93. The van der Waals surface area contributed by atoms with Crippen LogP contribution in [-0.4, -0.2) is 0 Å². The van der Waals surface area contributed by atoms with Crippen molar-refractivity contribution in [1.29, 1.82) is 0 Å². The minimum absolute atomic E-state index is 0.524. The number of benzene rings is 2. The largest absolute Gasteiger partial charge is 0.457 e. The Hall–Kier alpha value is -1.73. The summed E-state index contributed by atoms with van der Waals surface area (Å²) in [5.41, 5.74) is 2.32. The molecule has 18 heavy (non-hydrogen) atoms. The molecule has 2 aromatic rings. The van der Waals surface area contributed by atoms with Gasteiger partial charge in [0.15, 0.2) is 0 Å². The molecule has 0 aliphatic rings. The molecule has 0 unspecified atom stereocenters. The van der Waals surface area contributed by atoms with Gasteiger partial charge < -0.3 is 4.74 Å². The van der Waals surface area contributed by atoms with Crippen LogP contribution < -0.4 is 4.74 Å². The van der Waals surface area contributed by atoms with Crippen LogP contribution in [0.5, 0.6) is 11.5 Å². The van der Waals surface area contributed by atoms with E-state index in [1.54, 1.807) is 0 Å². The first-order valence-electron chi connectivity index (χ1n) is 5.84. The van der Waals surface area contributed by atoms with Gasteiger partial charge in [-0.05, 0) is 41.8 Å². The van der Waals surface area contributed by atoms with Gasteiger partial charge in [0.1, 0.15) is 11.5 Å². The number of rotatable bonds is 5. The van der Waals surface area contributed by atoms with Crippen LogP contribution in [0.3, 0.4) is 0 Å². The molecule has 0 aromatic heterocycles. The van der Waals surface area contributed by atoms with Gasteiger partial charge in [0.2, 0.25) is 0 Å². The highest BCUT2D eigenvalue weighted by molar-refractivity contribution is 6.17. The van der Waals surface area contributed by atoms with Gasteiger partial charge in [-0.1, -0.05) is 30.3 Å². The maximum absolute atomic E-state index is 5.74. The van der Waals surface area contributed by atoms with Crippen molar-refractivity contribution in [3.8, 4) is 11.5 Å². The van der Waals surface area contributed by atoms with Crippen LogP contribution >= 0.6 is 11.6 Å². The number of halogens is 1. The van der Waals surface area contributed by atoms with Crippen molar-refractivity contribution in [1.82, 2.24) is 0 Å². The second-order valence-corrected chi connectivity index (χ2v) is 4.28. The normalized spacial score (nSPS) is 10.1.